The first-order valence-corrected chi connectivity index (χ1v) is 9.48. The molecule has 0 bridgehead atoms. The number of thiazole rings is 1. The third kappa shape index (κ3) is 3.86. The summed E-state index contributed by atoms with van der Waals surface area (Å²) in [6.07, 6.45) is 2.73. The molecular weight excluding hydrogens is 344 g/mol. The molecule has 1 unspecified atom stereocenters. The Morgan fingerprint density at radius 1 is 1.08 bits per heavy atom. The lowest BCUT2D eigenvalue weighted by molar-refractivity contribution is 0.249. The maximum Gasteiger partial charge on any atom is 0.321 e. The number of aromatic nitrogens is 1. The van der Waals surface area contributed by atoms with Crippen molar-refractivity contribution in [2.24, 2.45) is 0 Å². The SMILES string of the molecule is O=C(Nc1ncc(-c2ccccc2)s1)NC1CCN(c2ccccc2)C1. The van der Waals surface area contributed by atoms with Crippen molar-refractivity contribution in [2.75, 3.05) is 23.3 Å². The number of nitrogens with zero attached hydrogens (tertiary/aromatic N) is 2. The van der Waals surface area contributed by atoms with E-state index in [4.69, 9.17) is 0 Å². The van der Waals surface area contributed by atoms with Crippen molar-refractivity contribution in [3.63, 3.8) is 0 Å². The van der Waals surface area contributed by atoms with E-state index >= 15 is 0 Å². The zero-order valence-electron chi connectivity index (χ0n) is 14.3. The van der Waals surface area contributed by atoms with Gasteiger partial charge in [-0.05, 0) is 24.1 Å². The number of rotatable bonds is 4. The van der Waals surface area contributed by atoms with Gasteiger partial charge in [-0.2, -0.15) is 0 Å². The van der Waals surface area contributed by atoms with Crippen molar-refractivity contribution in [1.82, 2.24) is 10.3 Å². The number of amides is 2. The summed E-state index contributed by atoms with van der Waals surface area (Å²) in [7, 11) is 0. The van der Waals surface area contributed by atoms with Crippen molar-refractivity contribution in [1.29, 1.82) is 0 Å². The molecule has 1 aliphatic rings. The molecule has 1 saturated heterocycles. The van der Waals surface area contributed by atoms with Gasteiger partial charge in [-0.1, -0.05) is 59.9 Å². The maximum atomic E-state index is 12.3. The van der Waals surface area contributed by atoms with E-state index in [-0.39, 0.29) is 12.1 Å². The van der Waals surface area contributed by atoms with Gasteiger partial charge < -0.3 is 10.2 Å². The zero-order valence-corrected chi connectivity index (χ0v) is 15.1. The van der Waals surface area contributed by atoms with E-state index in [0.717, 1.165) is 30.0 Å². The largest absolute Gasteiger partial charge is 0.369 e. The zero-order chi connectivity index (χ0) is 17.8. The third-order valence-corrected chi connectivity index (χ3v) is 5.39. The van der Waals surface area contributed by atoms with Crippen molar-refractivity contribution in [3.05, 3.63) is 66.9 Å². The smallest absolute Gasteiger partial charge is 0.321 e. The molecule has 132 valence electrons. The predicted molar refractivity (Wildman–Crippen MR) is 107 cm³/mol. The summed E-state index contributed by atoms with van der Waals surface area (Å²) in [4.78, 5) is 19.9. The van der Waals surface area contributed by atoms with E-state index in [9.17, 15) is 4.79 Å². The summed E-state index contributed by atoms with van der Waals surface area (Å²) < 4.78 is 0. The van der Waals surface area contributed by atoms with E-state index in [2.05, 4.69) is 32.7 Å². The molecule has 1 fully saturated rings. The fourth-order valence-electron chi connectivity index (χ4n) is 3.14. The average molecular weight is 364 g/mol. The van der Waals surface area contributed by atoms with E-state index in [1.807, 2.05) is 48.5 Å². The minimum atomic E-state index is -0.195. The monoisotopic (exact) mass is 364 g/mol. The molecule has 6 heteroatoms. The first-order chi connectivity index (χ1) is 12.8. The van der Waals surface area contributed by atoms with Crippen LogP contribution in [0.2, 0.25) is 0 Å². The molecule has 2 aromatic carbocycles. The van der Waals surface area contributed by atoms with Crippen LogP contribution in [0.25, 0.3) is 10.4 Å². The summed E-state index contributed by atoms with van der Waals surface area (Å²) in [6, 6.07) is 20.3. The highest BCUT2D eigenvalue weighted by atomic mass is 32.1. The van der Waals surface area contributed by atoms with E-state index in [0.29, 0.717) is 5.13 Å². The van der Waals surface area contributed by atoms with Crippen molar-refractivity contribution in [2.45, 2.75) is 12.5 Å². The normalized spacial score (nSPS) is 16.5. The molecule has 0 radical (unpaired) electrons. The first-order valence-electron chi connectivity index (χ1n) is 8.67. The van der Waals surface area contributed by atoms with Crippen LogP contribution in [0.3, 0.4) is 0 Å². The fraction of sp³-hybridized carbons (Fsp3) is 0.200. The Labute approximate surface area is 156 Å². The van der Waals surface area contributed by atoms with E-state index < -0.39 is 0 Å². The van der Waals surface area contributed by atoms with Gasteiger partial charge in [0.1, 0.15) is 0 Å². The van der Waals surface area contributed by atoms with Gasteiger partial charge in [0.2, 0.25) is 0 Å². The molecule has 2 N–H and O–H groups in total. The Balaban J connectivity index is 1.32. The van der Waals surface area contributed by atoms with Crippen LogP contribution >= 0.6 is 11.3 Å². The average Bonchev–Trinajstić information content (AvgIpc) is 3.33. The fourth-order valence-corrected chi connectivity index (χ4v) is 3.95. The lowest BCUT2D eigenvalue weighted by Gasteiger charge is -2.18. The highest BCUT2D eigenvalue weighted by Gasteiger charge is 2.24. The lowest BCUT2D eigenvalue weighted by Crippen LogP contribution is -2.39. The number of nitrogens with one attached hydrogen (secondary N) is 2. The van der Waals surface area contributed by atoms with Crippen LogP contribution in [0.5, 0.6) is 0 Å². The van der Waals surface area contributed by atoms with Gasteiger partial charge >= 0.3 is 6.03 Å². The van der Waals surface area contributed by atoms with Gasteiger partial charge in [-0.25, -0.2) is 9.78 Å². The molecule has 3 aromatic rings. The Bertz CT molecular complexity index is 866. The van der Waals surface area contributed by atoms with Gasteiger partial charge in [0, 0.05) is 31.0 Å². The van der Waals surface area contributed by atoms with Gasteiger partial charge in [0.05, 0.1) is 4.88 Å². The van der Waals surface area contributed by atoms with Crippen LogP contribution in [-0.4, -0.2) is 30.1 Å². The Kier molecular flexibility index (Phi) is 4.84. The maximum absolute atomic E-state index is 12.3. The van der Waals surface area contributed by atoms with Crippen LogP contribution in [0.15, 0.2) is 66.9 Å². The van der Waals surface area contributed by atoms with Crippen molar-refractivity contribution >= 4 is 28.2 Å². The lowest BCUT2D eigenvalue weighted by atomic mass is 10.2. The molecule has 0 saturated carbocycles. The molecule has 2 amide bonds. The molecule has 0 aliphatic carbocycles. The number of benzene rings is 2. The Morgan fingerprint density at radius 2 is 1.81 bits per heavy atom. The topological polar surface area (TPSA) is 57.3 Å². The molecule has 0 spiro atoms. The van der Waals surface area contributed by atoms with Crippen LogP contribution < -0.4 is 15.5 Å². The van der Waals surface area contributed by atoms with Gasteiger partial charge in [0.25, 0.3) is 0 Å². The van der Waals surface area contributed by atoms with E-state index in [1.54, 1.807) is 6.20 Å². The Morgan fingerprint density at radius 3 is 2.58 bits per heavy atom. The van der Waals surface area contributed by atoms with Gasteiger partial charge in [-0.3, -0.25) is 5.32 Å². The van der Waals surface area contributed by atoms with Crippen molar-refractivity contribution in [3.8, 4) is 10.4 Å². The molecule has 1 atom stereocenters. The second-order valence-corrected chi connectivity index (χ2v) is 7.29. The molecule has 2 heterocycles. The number of para-hydroxylation sites is 1. The highest BCUT2D eigenvalue weighted by Crippen LogP contribution is 2.28. The van der Waals surface area contributed by atoms with Gasteiger partial charge in [-0.15, -0.1) is 0 Å². The minimum absolute atomic E-state index is 0.142. The van der Waals surface area contributed by atoms with Crippen LogP contribution in [-0.2, 0) is 0 Å². The highest BCUT2D eigenvalue weighted by molar-refractivity contribution is 7.19. The number of carbonyl (C=O) groups excluding carboxylic acids is 1. The predicted octanol–water partition coefficient (Wildman–Crippen LogP) is 4.21. The standard InChI is InChI=1S/C20H20N4OS/c25-19(22-16-11-12-24(14-16)17-9-5-2-6-10-17)23-20-21-13-18(26-20)15-7-3-1-4-8-15/h1-10,13,16H,11-12,14H2,(H2,21,22,23,25). The summed E-state index contributed by atoms with van der Waals surface area (Å²) >= 11 is 1.48. The van der Waals surface area contributed by atoms with Crippen LogP contribution in [0, 0.1) is 0 Å². The summed E-state index contributed by atoms with van der Waals surface area (Å²) in [5.74, 6) is 0. The molecule has 5 nitrogen and oxygen atoms in total. The molecule has 1 aliphatic heterocycles. The van der Waals surface area contributed by atoms with Crippen LogP contribution in [0.1, 0.15) is 6.42 Å². The second-order valence-electron chi connectivity index (χ2n) is 6.26. The number of hydrogen-bond donors (Lipinski definition) is 2. The second kappa shape index (κ2) is 7.58. The van der Waals surface area contributed by atoms with Crippen molar-refractivity contribution < 1.29 is 4.79 Å². The van der Waals surface area contributed by atoms with Gasteiger partial charge in [0.15, 0.2) is 5.13 Å². The molecule has 4 rings (SSSR count). The summed E-state index contributed by atoms with van der Waals surface area (Å²) in [6.45, 7) is 1.77. The molecule has 1 aromatic heterocycles. The minimum Gasteiger partial charge on any atom is -0.369 e. The van der Waals surface area contributed by atoms with E-state index in [1.165, 1.54) is 17.0 Å². The number of carbonyl (C=O) groups is 1. The number of anilines is 2. The molecule has 26 heavy (non-hydrogen) atoms. The summed E-state index contributed by atoms with van der Waals surface area (Å²) in [5.41, 5.74) is 2.30. The third-order valence-electron chi connectivity index (χ3n) is 4.43. The number of hydrogen-bond acceptors (Lipinski definition) is 4. The number of urea groups is 1. The summed E-state index contributed by atoms with van der Waals surface area (Å²) in [5, 5.41) is 6.51. The first kappa shape index (κ1) is 16.6. The Hall–Kier alpha value is -2.86. The molecular formula is C20H20N4OS. The quantitative estimate of drug-likeness (QED) is 0.729. The van der Waals surface area contributed by atoms with Crippen LogP contribution in [0.4, 0.5) is 15.6 Å².